The van der Waals surface area contributed by atoms with Crippen LogP contribution in [-0.4, -0.2) is 21.1 Å². The first-order chi connectivity index (χ1) is 10.7. The van der Waals surface area contributed by atoms with Crippen molar-refractivity contribution in [3.63, 3.8) is 0 Å². The van der Waals surface area contributed by atoms with E-state index in [0.717, 1.165) is 24.3 Å². The van der Waals surface area contributed by atoms with Gasteiger partial charge in [-0.05, 0) is 36.4 Å². The fourth-order valence-corrected chi connectivity index (χ4v) is 2.82. The summed E-state index contributed by atoms with van der Waals surface area (Å²) in [5.74, 6) is -0.601. The number of sulfonamides is 1. The number of alkyl halides is 3. The van der Waals surface area contributed by atoms with Crippen molar-refractivity contribution in [2.75, 3.05) is 16.6 Å². The molecule has 0 amide bonds. The molecule has 0 aliphatic rings. The summed E-state index contributed by atoms with van der Waals surface area (Å²) in [4.78, 5) is -0.204. The molecule has 4 nitrogen and oxygen atoms in total. The van der Waals surface area contributed by atoms with Crippen LogP contribution in [0.4, 0.5) is 28.9 Å². The summed E-state index contributed by atoms with van der Waals surface area (Å²) in [6.07, 6.45) is -4.44. The minimum atomic E-state index is -4.44. The second-order valence-electron chi connectivity index (χ2n) is 4.57. The van der Waals surface area contributed by atoms with Gasteiger partial charge in [-0.1, -0.05) is 12.1 Å². The van der Waals surface area contributed by atoms with E-state index in [1.165, 1.54) is 24.3 Å². The molecule has 2 aromatic rings. The van der Waals surface area contributed by atoms with Crippen molar-refractivity contribution < 1.29 is 26.0 Å². The molecule has 0 aliphatic heterocycles. The lowest BCUT2D eigenvalue weighted by Gasteiger charge is -2.15. The molecule has 0 aliphatic carbocycles. The van der Waals surface area contributed by atoms with E-state index in [-0.39, 0.29) is 16.3 Å². The number of halogens is 4. The number of hydrogen-bond acceptors (Lipinski definition) is 3. The van der Waals surface area contributed by atoms with Crippen molar-refractivity contribution in [1.82, 2.24) is 0 Å². The second-order valence-corrected chi connectivity index (χ2v) is 6.26. The van der Waals surface area contributed by atoms with Crippen LogP contribution < -0.4 is 10.0 Å². The van der Waals surface area contributed by atoms with E-state index in [4.69, 9.17) is 0 Å². The third-order valence-corrected chi connectivity index (χ3v) is 4.16. The minimum Gasteiger partial charge on any atom is -0.375 e. The first-order valence-corrected chi connectivity index (χ1v) is 7.84. The molecule has 0 heterocycles. The summed E-state index contributed by atoms with van der Waals surface area (Å²) >= 11 is 0. The molecule has 0 atom stereocenters. The molecule has 23 heavy (non-hydrogen) atoms. The van der Waals surface area contributed by atoms with Crippen molar-refractivity contribution in [3.05, 3.63) is 54.3 Å². The molecular formula is C14H12F4N2O2S. The fourth-order valence-electron chi connectivity index (χ4n) is 1.74. The fraction of sp³-hybridized carbons (Fsp3) is 0.143. The highest BCUT2D eigenvalue weighted by molar-refractivity contribution is 7.92. The Bertz CT molecular complexity index is 774. The van der Waals surface area contributed by atoms with E-state index < -0.39 is 28.6 Å². The molecule has 0 unspecified atom stereocenters. The summed E-state index contributed by atoms with van der Waals surface area (Å²) < 4.78 is 76.2. The minimum absolute atomic E-state index is 0.0180. The van der Waals surface area contributed by atoms with Gasteiger partial charge in [-0.15, -0.1) is 0 Å². The Morgan fingerprint density at radius 2 is 1.48 bits per heavy atom. The molecule has 2 rings (SSSR count). The summed E-state index contributed by atoms with van der Waals surface area (Å²) in [7, 11) is -4.04. The van der Waals surface area contributed by atoms with Crippen LogP contribution >= 0.6 is 0 Å². The molecule has 0 radical (unpaired) electrons. The number of para-hydroxylation sites is 2. The van der Waals surface area contributed by atoms with Crippen LogP contribution in [-0.2, 0) is 10.0 Å². The maximum absolute atomic E-state index is 12.8. The topological polar surface area (TPSA) is 58.2 Å². The lowest BCUT2D eigenvalue weighted by molar-refractivity contribution is -0.115. The number of nitrogens with one attached hydrogen (secondary N) is 2. The zero-order chi connectivity index (χ0) is 17.1. The first-order valence-electron chi connectivity index (χ1n) is 6.35. The van der Waals surface area contributed by atoms with E-state index in [0.29, 0.717) is 0 Å². The zero-order valence-electron chi connectivity index (χ0n) is 11.6. The van der Waals surface area contributed by atoms with E-state index in [2.05, 4.69) is 10.0 Å². The highest BCUT2D eigenvalue weighted by Gasteiger charge is 2.27. The molecule has 124 valence electrons. The quantitative estimate of drug-likeness (QED) is 0.812. The van der Waals surface area contributed by atoms with Gasteiger partial charge >= 0.3 is 6.18 Å². The van der Waals surface area contributed by atoms with Gasteiger partial charge in [-0.2, -0.15) is 13.2 Å². The van der Waals surface area contributed by atoms with Crippen LogP contribution in [0.2, 0.25) is 0 Å². The van der Waals surface area contributed by atoms with Crippen LogP contribution in [0.1, 0.15) is 0 Å². The standard InChI is InChI=1S/C14H12F4N2O2S/c15-10-5-7-11(8-6-10)23(21,22)20-13-4-2-1-3-12(13)19-9-14(16,17)18/h1-8,19-20H,9H2. The molecular weight excluding hydrogens is 336 g/mol. The molecule has 0 bridgehead atoms. The normalized spacial score (nSPS) is 12.0. The van der Waals surface area contributed by atoms with Gasteiger partial charge in [0.25, 0.3) is 10.0 Å². The van der Waals surface area contributed by atoms with Gasteiger partial charge in [-0.25, -0.2) is 12.8 Å². The molecule has 2 N–H and O–H groups in total. The predicted molar refractivity (Wildman–Crippen MR) is 78.2 cm³/mol. The number of rotatable bonds is 5. The van der Waals surface area contributed by atoms with Crippen molar-refractivity contribution in [1.29, 1.82) is 0 Å². The molecule has 0 spiro atoms. The van der Waals surface area contributed by atoms with Gasteiger partial charge in [-0.3, -0.25) is 4.72 Å². The lowest BCUT2D eigenvalue weighted by Crippen LogP contribution is -2.22. The Morgan fingerprint density at radius 3 is 2.04 bits per heavy atom. The third-order valence-electron chi connectivity index (χ3n) is 2.77. The van der Waals surface area contributed by atoms with Gasteiger partial charge in [0.05, 0.1) is 16.3 Å². The largest absolute Gasteiger partial charge is 0.405 e. The Kier molecular flexibility index (Phi) is 4.79. The van der Waals surface area contributed by atoms with Crippen molar-refractivity contribution in [2.45, 2.75) is 11.1 Å². The SMILES string of the molecule is O=S(=O)(Nc1ccccc1NCC(F)(F)F)c1ccc(F)cc1. The van der Waals surface area contributed by atoms with Crippen molar-refractivity contribution >= 4 is 21.4 Å². The Morgan fingerprint density at radius 1 is 0.913 bits per heavy atom. The third kappa shape index (κ3) is 4.85. The smallest absolute Gasteiger partial charge is 0.375 e. The molecule has 0 aromatic heterocycles. The Balaban J connectivity index is 2.24. The number of benzene rings is 2. The highest BCUT2D eigenvalue weighted by atomic mass is 32.2. The van der Waals surface area contributed by atoms with E-state index in [1.54, 1.807) is 0 Å². The molecule has 0 saturated carbocycles. The lowest BCUT2D eigenvalue weighted by atomic mass is 10.3. The van der Waals surface area contributed by atoms with Gasteiger partial charge in [0.1, 0.15) is 12.4 Å². The molecule has 2 aromatic carbocycles. The van der Waals surface area contributed by atoms with E-state index in [1.807, 2.05) is 0 Å². The second kappa shape index (κ2) is 6.45. The van der Waals surface area contributed by atoms with Crippen LogP contribution in [0.5, 0.6) is 0 Å². The maximum Gasteiger partial charge on any atom is 0.405 e. The average Bonchev–Trinajstić information content (AvgIpc) is 2.45. The van der Waals surface area contributed by atoms with Gasteiger partial charge in [0.15, 0.2) is 0 Å². The van der Waals surface area contributed by atoms with Crippen LogP contribution in [0, 0.1) is 5.82 Å². The number of anilines is 2. The van der Waals surface area contributed by atoms with Crippen molar-refractivity contribution in [3.8, 4) is 0 Å². The van der Waals surface area contributed by atoms with E-state index in [9.17, 15) is 26.0 Å². The van der Waals surface area contributed by atoms with Gasteiger partial charge in [0, 0.05) is 0 Å². The van der Waals surface area contributed by atoms with Gasteiger partial charge < -0.3 is 5.32 Å². The summed E-state index contributed by atoms with van der Waals surface area (Å²) in [5.41, 5.74) is -0.0587. The van der Waals surface area contributed by atoms with Crippen LogP contribution in [0.15, 0.2) is 53.4 Å². The maximum atomic E-state index is 12.8. The van der Waals surface area contributed by atoms with E-state index >= 15 is 0 Å². The number of hydrogen-bond donors (Lipinski definition) is 2. The van der Waals surface area contributed by atoms with Crippen LogP contribution in [0.25, 0.3) is 0 Å². The predicted octanol–water partition coefficient (Wildman–Crippen LogP) is 3.60. The summed E-state index contributed by atoms with van der Waals surface area (Å²) in [5, 5.41) is 2.12. The van der Waals surface area contributed by atoms with Gasteiger partial charge in [0.2, 0.25) is 0 Å². The average molecular weight is 348 g/mol. The molecule has 9 heteroatoms. The Labute approximate surface area is 130 Å². The summed E-state index contributed by atoms with van der Waals surface area (Å²) in [6, 6.07) is 9.64. The van der Waals surface area contributed by atoms with Crippen LogP contribution in [0.3, 0.4) is 0 Å². The van der Waals surface area contributed by atoms with Crippen molar-refractivity contribution in [2.24, 2.45) is 0 Å². The highest BCUT2D eigenvalue weighted by Crippen LogP contribution is 2.26. The Hall–Kier alpha value is -2.29. The zero-order valence-corrected chi connectivity index (χ0v) is 12.4. The first kappa shape index (κ1) is 17.1. The molecule has 0 saturated heterocycles. The monoisotopic (exact) mass is 348 g/mol. The summed E-state index contributed by atoms with van der Waals surface area (Å²) in [6.45, 7) is -1.30. The molecule has 0 fully saturated rings.